The van der Waals surface area contributed by atoms with Crippen molar-refractivity contribution in [2.75, 3.05) is 25.0 Å². The summed E-state index contributed by atoms with van der Waals surface area (Å²) in [5.74, 6) is -1.35. The van der Waals surface area contributed by atoms with E-state index in [-0.39, 0.29) is 36.6 Å². The number of carbonyl (C=O) groups is 2. The average molecular weight is 416 g/mol. The predicted molar refractivity (Wildman–Crippen MR) is 110 cm³/mol. The van der Waals surface area contributed by atoms with E-state index in [4.69, 9.17) is 11.6 Å². The number of fused-ring (bicyclic) bond motifs is 1. The van der Waals surface area contributed by atoms with Gasteiger partial charge in [-0.05, 0) is 49.7 Å². The number of para-hydroxylation sites is 1. The van der Waals surface area contributed by atoms with E-state index in [1.54, 1.807) is 18.2 Å². The van der Waals surface area contributed by atoms with Crippen molar-refractivity contribution in [1.29, 1.82) is 0 Å². The van der Waals surface area contributed by atoms with E-state index in [0.29, 0.717) is 16.3 Å². The van der Waals surface area contributed by atoms with Crippen LogP contribution in [0.15, 0.2) is 42.5 Å². The topological polar surface area (TPSA) is 61.4 Å². The Hall–Kier alpha value is -2.44. The van der Waals surface area contributed by atoms with Crippen LogP contribution >= 0.6 is 11.6 Å². The van der Waals surface area contributed by atoms with Gasteiger partial charge in [0.05, 0.1) is 12.0 Å². The quantitative estimate of drug-likeness (QED) is 0.779. The summed E-state index contributed by atoms with van der Waals surface area (Å²) in [6.45, 7) is 1.90. The molecule has 2 aliphatic heterocycles. The van der Waals surface area contributed by atoms with Gasteiger partial charge in [-0.25, -0.2) is 4.39 Å². The first-order valence-electron chi connectivity index (χ1n) is 9.89. The highest BCUT2D eigenvalue weighted by Gasteiger charge is 2.32. The number of rotatable bonds is 5. The van der Waals surface area contributed by atoms with Gasteiger partial charge in [0, 0.05) is 29.2 Å². The van der Waals surface area contributed by atoms with Crippen molar-refractivity contribution in [1.82, 2.24) is 10.2 Å². The van der Waals surface area contributed by atoms with Crippen molar-refractivity contribution < 1.29 is 14.0 Å². The Morgan fingerprint density at radius 2 is 1.97 bits per heavy atom. The van der Waals surface area contributed by atoms with Gasteiger partial charge >= 0.3 is 0 Å². The highest BCUT2D eigenvalue weighted by molar-refractivity contribution is 6.31. The van der Waals surface area contributed by atoms with Crippen LogP contribution in [0.3, 0.4) is 0 Å². The zero-order valence-electron chi connectivity index (χ0n) is 16.0. The summed E-state index contributed by atoms with van der Waals surface area (Å²) in [7, 11) is 0. The van der Waals surface area contributed by atoms with Crippen LogP contribution < -0.4 is 10.6 Å². The van der Waals surface area contributed by atoms with E-state index in [0.717, 1.165) is 31.5 Å². The first-order chi connectivity index (χ1) is 14.0. The lowest BCUT2D eigenvalue weighted by Gasteiger charge is -2.30. The molecular formula is C22H23ClFN3O2. The summed E-state index contributed by atoms with van der Waals surface area (Å²) in [6.07, 6.45) is 2.16. The Morgan fingerprint density at radius 1 is 1.21 bits per heavy atom. The summed E-state index contributed by atoms with van der Waals surface area (Å²) < 4.78 is 14.6. The third kappa shape index (κ3) is 4.14. The number of nitrogens with zero attached hydrogens (tertiary/aromatic N) is 1. The lowest BCUT2D eigenvalue weighted by atomic mass is 9.89. The Bertz CT molecular complexity index is 910. The van der Waals surface area contributed by atoms with Gasteiger partial charge in [-0.15, -0.1) is 0 Å². The maximum atomic E-state index is 14.6. The zero-order chi connectivity index (χ0) is 20.4. The summed E-state index contributed by atoms with van der Waals surface area (Å²) in [5.41, 5.74) is 1.88. The van der Waals surface area contributed by atoms with Crippen LogP contribution in [0, 0.1) is 5.82 Å². The molecule has 0 bridgehead atoms. The van der Waals surface area contributed by atoms with Crippen molar-refractivity contribution in [2.45, 2.75) is 31.2 Å². The Morgan fingerprint density at radius 3 is 2.72 bits per heavy atom. The number of hydrogen-bond donors (Lipinski definition) is 2. The van der Waals surface area contributed by atoms with Crippen molar-refractivity contribution in [2.24, 2.45) is 0 Å². The number of likely N-dealkylation sites (tertiary alicyclic amines) is 1. The molecule has 0 radical (unpaired) electrons. The van der Waals surface area contributed by atoms with E-state index in [1.165, 1.54) is 6.07 Å². The van der Waals surface area contributed by atoms with Gasteiger partial charge in [0.1, 0.15) is 5.82 Å². The highest BCUT2D eigenvalue weighted by atomic mass is 35.5. The van der Waals surface area contributed by atoms with Gasteiger partial charge in [0.2, 0.25) is 11.8 Å². The molecule has 2 atom stereocenters. The van der Waals surface area contributed by atoms with Gasteiger partial charge in [-0.3, -0.25) is 14.5 Å². The maximum absolute atomic E-state index is 14.6. The van der Waals surface area contributed by atoms with E-state index in [1.807, 2.05) is 18.2 Å². The van der Waals surface area contributed by atoms with Crippen molar-refractivity contribution in [3.8, 4) is 0 Å². The molecule has 0 saturated carbocycles. The third-order valence-electron chi connectivity index (χ3n) is 5.70. The fourth-order valence-electron chi connectivity index (χ4n) is 4.26. The summed E-state index contributed by atoms with van der Waals surface area (Å²) in [4.78, 5) is 27.2. The molecule has 29 heavy (non-hydrogen) atoms. The van der Waals surface area contributed by atoms with Crippen LogP contribution in [0.25, 0.3) is 0 Å². The smallest absolute Gasteiger partial charge is 0.228 e. The summed E-state index contributed by atoms with van der Waals surface area (Å²) in [5, 5.41) is 6.12. The van der Waals surface area contributed by atoms with Gasteiger partial charge in [-0.2, -0.15) is 0 Å². The molecule has 0 aliphatic carbocycles. The molecule has 7 heteroatoms. The molecule has 4 rings (SSSR count). The fourth-order valence-corrected chi connectivity index (χ4v) is 4.55. The molecule has 2 aliphatic rings. The standard InChI is InChI=1S/C22H23ClFN3O2/c23-16-7-5-8-17(24)21(16)19(27-10-3-4-11-27)13-25-22(29)15-12-20(28)26-18-9-2-1-6-14(15)18/h1-2,5-9,15,19H,3-4,10-13H2,(H,25,29)(H,26,28). The number of nitrogens with one attached hydrogen (secondary N) is 2. The summed E-state index contributed by atoms with van der Waals surface area (Å²) in [6, 6.07) is 11.6. The maximum Gasteiger partial charge on any atom is 0.228 e. The molecule has 2 aromatic rings. The third-order valence-corrected chi connectivity index (χ3v) is 6.03. The first kappa shape index (κ1) is 19.9. The first-order valence-corrected chi connectivity index (χ1v) is 10.3. The molecule has 0 spiro atoms. The molecule has 5 nitrogen and oxygen atoms in total. The van der Waals surface area contributed by atoms with Gasteiger partial charge in [-0.1, -0.05) is 35.9 Å². The molecule has 2 aromatic carbocycles. The molecule has 2 unspecified atom stereocenters. The van der Waals surface area contributed by atoms with E-state index >= 15 is 0 Å². The monoisotopic (exact) mass is 415 g/mol. The number of amides is 2. The molecular weight excluding hydrogens is 393 g/mol. The average Bonchev–Trinajstić information content (AvgIpc) is 3.23. The van der Waals surface area contributed by atoms with Gasteiger partial charge in [0.15, 0.2) is 0 Å². The normalized spacial score (nSPS) is 20.1. The van der Waals surface area contributed by atoms with Crippen molar-refractivity contribution in [3.63, 3.8) is 0 Å². The lowest BCUT2D eigenvalue weighted by molar-refractivity contribution is -0.126. The van der Waals surface area contributed by atoms with Crippen LogP contribution in [0.5, 0.6) is 0 Å². The zero-order valence-corrected chi connectivity index (χ0v) is 16.7. The number of carbonyl (C=O) groups excluding carboxylic acids is 2. The fraction of sp³-hybridized carbons (Fsp3) is 0.364. The van der Waals surface area contributed by atoms with E-state index in [9.17, 15) is 14.0 Å². The molecule has 152 valence electrons. The largest absolute Gasteiger partial charge is 0.354 e. The lowest BCUT2D eigenvalue weighted by Crippen LogP contribution is -2.40. The molecule has 0 aromatic heterocycles. The summed E-state index contributed by atoms with van der Waals surface area (Å²) >= 11 is 6.32. The second-order valence-corrected chi connectivity index (χ2v) is 7.94. The van der Waals surface area contributed by atoms with Gasteiger partial charge < -0.3 is 10.6 Å². The van der Waals surface area contributed by atoms with Gasteiger partial charge in [0.25, 0.3) is 0 Å². The van der Waals surface area contributed by atoms with Crippen LogP contribution in [0.4, 0.5) is 10.1 Å². The van der Waals surface area contributed by atoms with E-state index in [2.05, 4.69) is 15.5 Å². The molecule has 1 fully saturated rings. The van der Waals surface area contributed by atoms with Crippen LogP contribution in [-0.2, 0) is 9.59 Å². The molecule has 1 saturated heterocycles. The van der Waals surface area contributed by atoms with Crippen LogP contribution in [-0.4, -0.2) is 36.3 Å². The second-order valence-electron chi connectivity index (χ2n) is 7.53. The molecule has 2 heterocycles. The minimum absolute atomic E-state index is 0.0949. The van der Waals surface area contributed by atoms with Crippen molar-refractivity contribution in [3.05, 3.63) is 64.4 Å². The number of hydrogen-bond acceptors (Lipinski definition) is 3. The molecule has 2 amide bonds. The molecule has 2 N–H and O–H groups in total. The Kier molecular flexibility index (Phi) is 5.83. The minimum atomic E-state index is -0.560. The van der Waals surface area contributed by atoms with E-state index < -0.39 is 5.92 Å². The SMILES string of the molecule is O=C1CC(C(=O)NCC(c2c(F)cccc2Cl)N2CCCC2)c2ccccc2N1. The van der Waals surface area contributed by atoms with Crippen molar-refractivity contribution >= 4 is 29.1 Å². The van der Waals surface area contributed by atoms with Crippen LogP contribution in [0.2, 0.25) is 5.02 Å². The number of anilines is 1. The predicted octanol–water partition coefficient (Wildman–Crippen LogP) is 3.86. The highest BCUT2D eigenvalue weighted by Crippen LogP contribution is 2.34. The second kappa shape index (κ2) is 8.51. The van der Waals surface area contributed by atoms with Crippen LogP contribution in [0.1, 0.15) is 42.3 Å². The Labute approximate surface area is 174 Å². The minimum Gasteiger partial charge on any atom is -0.354 e. The number of benzene rings is 2. The number of halogens is 2. The Balaban J connectivity index is 1.55.